The van der Waals surface area contributed by atoms with Gasteiger partial charge < -0.3 is 20.1 Å². The van der Waals surface area contributed by atoms with Gasteiger partial charge in [-0.1, -0.05) is 0 Å². The van der Waals surface area contributed by atoms with E-state index in [-0.39, 0.29) is 23.5 Å². The fourth-order valence-corrected chi connectivity index (χ4v) is 3.79. The molecule has 1 spiro atoms. The van der Waals surface area contributed by atoms with Gasteiger partial charge in [0.25, 0.3) is 5.91 Å². The average molecular weight is 301 g/mol. The lowest BCUT2D eigenvalue weighted by atomic mass is 9.58. The molecule has 2 atom stereocenters. The molecule has 1 saturated carbocycles. The van der Waals surface area contributed by atoms with Crippen molar-refractivity contribution in [3.8, 4) is 0 Å². The third-order valence-electron chi connectivity index (χ3n) is 5.24. The molecule has 0 radical (unpaired) electrons. The molecular formula is C16H19N3O3. The highest BCUT2D eigenvalue weighted by molar-refractivity contribution is 6.04. The van der Waals surface area contributed by atoms with E-state index in [0.717, 1.165) is 23.7 Å². The summed E-state index contributed by atoms with van der Waals surface area (Å²) in [6.07, 6.45) is 5.28. The molecule has 3 heterocycles. The van der Waals surface area contributed by atoms with Crippen molar-refractivity contribution >= 4 is 16.8 Å². The normalized spacial score (nSPS) is 26.8. The standard InChI is InChI=1S/C16H19N3O3/c20-13-9-12(16(13)3-7-22-8-4-16)19-15(21)14-10-1-5-17-11(10)2-6-18-14/h1-2,5-6,12-13,17,20H,3-4,7-9H2,(H,19,21)/t12-,13-/m1/s1. The summed E-state index contributed by atoms with van der Waals surface area (Å²) in [7, 11) is 0. The van der Waals surface area contributed by atoms with Crippen LogP contribution in [0.2, 0.25) is 0 Å². The fraction of sp³-hybridized carbons (Fsp3) is 0.500. The van der Waals surface area contributed by atoms with Gasteiger partial charge in [0.15, 0.2) is 0 Å². The number of carbonyl (C=O) groups is 1. The van der Waals surface area contributed by atoms with Crippen LogP contribution in [0.15, 0.2) is 24.5 Å². The Hall–Kier alpha value is -1.92. The molecule has 116 valence electrons. The largest absolute Gasteiger partial charge is 0.392 e. The molecular weight excluding hydrogens is 282 g/mol. The van der Waals surface area contributed by atoms with Crippen LogP contribution in [-0.2, 0) is 4.74 Å². The van der Waals surface area contributed by atoms with Crippen LogP contribution in [0.4, 0.5) is 0 Å². The lowest BCUT2D eigenvalue weighted by Gasteiger charge is -2.55. The number of nitrogens with zero attached hydrogens (tertiary/aromatic N) is 1. The molecule has 0 unspecified atom stereocenters. The van der Waals surface area contributed by atoms with Crippen LogP contribution in [0.25, 0.3) is 10.9 Å². The van der Waals surface area contributed by atoms with E-state index in [0.29, 0.717) is 25.3 Å². The number of aromatic amines is 1. The van der Waals surface area contributed by atoms with E-state index in [2.05, 4.69) is 15.3 Å². The molecule has 0 bridgehead atoms. The van der Waals surface area contributed by atoms with Crippen molar-refractivity contribution in [3.63, 3.8) is 0 Å². The number of pyridine rings is 1. The zero-order valence-electron chi connectivity index (χ0n) is 12.2. The summed E-state index contributed by atoms with van der Waals surface area (Å²) in [5, 5.41) is 14.1. The second-order valence-corrected chi connectivity index (χ2v) is 6.22. The molecule has 1 saturated heterocycles. The maximum Gasteiger partial charge on any atom is 0.270 e. The molecule has 2 aromatic heterocycles. The Morgan fingerprint density at radius 1 is 1.41 bits per heavy atom. The number of carbonyl (C=O) groups excluding carboxylic acids is 1. The van der Waals surface area contributed by atoms with Gasteiger partial charge in [0, 0.05) is 48.0 Å². The average Bonchev–Trinajstić information content (AvgIpc) is 3.03. The van der Waals surface area contributed by atoms with Crippen molar-refractivity contribution in [3.05, 3.63) is 30.2 Å². The van der Waals surface area contributed by atoms with Gasteiger partial charge in [0.05, 0.1) is 6.10 Å². The van der Waals surface area contributed by atoms with Crippen LogP contribution in [-0.4, -0.2) is 46.3 Å². The summed E-state index contributed by atoms with van der Waals surface area (Å²) in [6.45, 7) is 1.30. The Balaban J connectivity index is 1.56. The second-order valence-electron chi connectivity index (χ2n) is 6.22. The number of rotatable bonds is 2. The molecule has 1 aliphatic carbocycles. The molecule has 1 amide bonds. The van der Waals surface area contributed by atoms with E-state index in [9.17, 15) is 9.90 Å². The zero-order valence-corrected chi connectivity index (χ0v) is 12.2. The molecule has 4 rings (SSSR count). The molecule has 6 nitrogen and oxygen atoms in total. The minimum atomic E-state index is -0.349. The van der Waals surface area contributed by atoms with E-state index < -0.39 is 0 Å². The SMILES string of the molecule is O=C(N[C@@H]1C[C@@H](O)C12CCOCC2)c1nccc2[nH]ccc12. The van der Waals surface area contributed by atoms with Crippen molar-refractivity contribution in [1.82, 2.24) is 15.3 Å². The monoisotopic (exact) mass is 301 g/mol. The summed E-state index contributed by atoms with van der Waals surface area (Å²) >= 11 is 0. The van der Waals surface area contributed by atoms with Crippen LogP contribution >= 0.6 is 0 Å². The van der Waals surface area contributed by atoms with E-state index in [4.69, 9.17) is 4.74 Å². The smallest absolute Gasteiger partial charge is 0.270 e. The first-order valence-corrected chi connectivity index (χ1v) is 7.69. The first-order valence-electron chi connectivity index (χ1n) is 7.69. The second kappa shape index (κ2) is 5.07. The fourth-order valence-electron chi connectivity index (χ4n) is 3.79. The van der Waals surface area contributed by atoms with Gasteiger partial charge in [-0.15, -0.1) is 0 Å². The third-order valence-corrected chi connectivity index (χ3v) is 5.24. The Kier molecular flexibility index (Phi) is 3.16. The first kappa shape index (κ1) is 13.7. The molecule has 2 aliphatic rings. The minimum Gasteiger partial charge on any atom is -0.392 e. The lowest BCUT2D eigenvalue weighted by molar-refractivity contribution is -0.145. The van der Waals surface area contributed by atoms with Crippen LogP contribution < -0.4 is 5.32 Å². The third kappa shape index (κ3) is 1.94. The maximum atomic E-state index is 12.6. The minimum absolute atomic E-state index is 0.00472. The van der Waals surface area contributed by atoms with Crippen LogP contribution in [0.1, 0.15) is 29.8 Å². The van der Waals surface area contributed by atoms with Crippen LogP contribution in [0, 0.1) is 5.41 Å². The topological polar surface area (TPSA) is 87.2 Å². The van der Waals surface area contributed by atoms with Gasteiger partial charge in [0.2, 0.25) is 0 Å². The summed E-state index contributed by atoms with van der Waals surface area (Å²) < 4.78 is 5.39. The van der Waals surface area contributed by atoms with Gasteiger partial charge in [-0.3, -0.25) is 9.78 Å². The Morgan fingerprint density at radius 2 is 2.23 bits per heavy atom. The molecule has 3 N–H and O–H groups in total. The van der Waals surface area contributed by atoms with E-state index in [1.54, 1.807) is 12.4 Å². The predicted octanol–water partition coefficient (Wildman–Crippen LogP) is 1.22. The number of hydrogen-bond donors (Lipinski definition) is 3. The molecule has 1 aliphatic heterocycles. The van der Waals surface area contributed by atoms with Crippen LogP contribution in [0.3, 0.4) is 0 Å². The van der Waals surface area contributed by atoms with E-state index in [1.807, 2.05) is 12.1 Å². The lowest BCUT2D eigenvalue weighted by Crippen LogP contribution is -2.65. The number of ether oxygens (including phenoxy) is 1. The highest BCUT2D eigenvalue weighted by Gasteiger charge is 2.55. The Labute approximate surface area is 127 Å². The van der Waals surface area contributed by atoms with Gasteiger partial charge in [-0.2, -0.15) is 0 Å². The van der Waals surface area contributed by atoms with E-state index in [1.165, 1.54) is 0 Å². The summed E-state index contributed by atoms with van der Waals surface area (Å²) in [5.74, 6) is -0.173. The molecule has 2 fully saturated rings. The summed E-state index contributed by atoms with van der Waals surface area (Å²) in [6, 6.07) is 3.70. The van der Waals surface area contributed by atoms with Gasteiger partial charge in [0.1, 0.15) is 5.69 Å². The summed E-state index contributed by atoms with van der Waals surface area (Å²) in [4.78, 5) is 19.9. The number of aliphatic hydroxyl groups is 1. The molecule has 0 aromatic carbocycles. The van der Waals surface area contributed by atoms with Gasteiger partial charge >= 0.3 is 0 Å². The number of nitrogens with one attached hydrogen (secondary N) is 2. The Morgan fingerprint density at radius 3 is 3.00 bits per heavy atom. The van der Waals surface area contributed by atoms with E-state index >= 15 is 0 Å². The van der Waals surface area contributed by atoms with Crippen molar-refractivity contribution in [2.45, 2.75) is 31.4 Å². The quantitative estimate of drug-likeness (QED) is 0.778. The number of hydrogen-bond acceptors (Lipinski definition) is 4. The number of H-pyrrole nitrogens is 1. The highest BCUT2D eigenvalue weighted by Crippen LogP contribution is 2.49. The van der Waals surface area contributed by atoms with Crippen LogP contribution in [0.5, 0.6) is 0 Å². The van der Waals surface area contributed by atoms with Crippen molar-refractivity contribution in [2.24, 2.45) is 5.41 Å². The number of aromatic nitrogens is 2. The van der Waals surface area contributed by atoms with Gasteiger partial charge in [-0.25, -0.2) is 0 Å². The zero-order chi connectivity index (χ0) is 15.2. The molecule has 2 aromatic rings. The molecule has 22 heavy (non-hydrogen) atoms. The Bertz CT molecular complexity index is 705. The highest BCUT2D eigenvalue weighted by atomic mass is 16.5. The number of fused-ring (bicyclic) bond motifs is 1. The number of amides is 1. The summed E-state index contributed by atoms with van der Waals surface area (Å²) in [5.41, 5.74) is 1.11. The van der Waals surface area contributed by atoms with Crippen molar-refractivity contribution in [2.75, 3.05) is 13.2 Å². The maximum absolute atomic E-state index is 12.6. The predicted molar refractivity (Wildman–Crippen MR) is 80.5 cm³/mol. The van der Waals surface area contributed by atoms with Crippen molar-refractivity contribution in [1.29, 1.82) is 0 Å². The first-order chi connectivity index (χ1) is 10.7. The van der Waals surface area contributed by atoms with Gasteiger partial charge in [-0.05, 0) is 31.4 Å². The van der Waals surface area contributed by atoms with Crippen molar-refractivity contribution < 1.29 is 14.6 Å². The molecule has 6 heteroatoms. The number of aliphatic hydroxyl groups excluding tert-OH is 1.